The van der Waals surface area contributed by atoms with E-state index in [2.05, 4.69) is 22.4 Å². The summed E-state index contributed by atoms with van der Waals surface area (Å²) < 4.78 is 14.5. The van der Waals surface area contributed by atoms with Crippen LogP contribution in [0.25, 0.3) is 0 Å². The van der Waals surface area contributed by atoms with E-state index in [9.17, 15) is 4.79 Å². The standard InChI is InChI=1S/C23H22ClN5O3/c1-2-17-3-7-20(8-4-17)32-16-29-14-19(13-25-29)26-23(30)22-11-12-28(27-22)15-31-21-9-5-18(24)6-10-21/h3-14H,2,15-16H2,1H3,(H,26,30). The number of amides is 1. The van der Waals surface area contributed by atoms with E-state index >= 15 is 0 Å². The van der Waals surface area contributed by atoms with Gasteiger partial charge in [-0.3, -0.25) is 4.79 Å². The smallest absolute Gasteiger partial charge is 0.276 e. The molecule has 2 heterocycles. The van der Waals surface area contributed by atoms with Crippen molar-refractivity contribution in [2.75, 3.05) is 5.32 Å². The van der Waals surface area contributed by atoms with Crippen LogP contribution in [0, 0.1) is 0 Å². The fourth-order valence-corrected chi connectivity index (χ4v) is 3.01. The minimum Gasteiger partial charge on any atom is -0.471 e. The van der Waals surface area contributed by atoms with E-state index in [1.54, 1.807) is 53.6 Å². The zero-order chi connectivity index (χ0) is 22.3. The molecule has 1 N–H and O–H groups in total. The van der Waals surface area contributed by atoms with E-state index in [1.165, 1.54) is 10.2 Å². The second-order valence-corrected chi connectivity index (χ2v) is 7.40. The van der Waals surface area contributed by atoms with Gasteiger partial charge in [-0.15, -0.1) is 0 Å². The van der Waals surface area contributed by atoms with Crippen LogP contribution < -0.4 is 14.8 Å². The highest BCUT2D eigenvalue weighted by Crippen LogP contribution is 2.16. The van der Waals surface area contributed by atoms with Crippen molar-refractivity contribution in [2.24, 2.45) is 0 Å². The van der Waals surface area contributed by atoms with Gasteiger partial charge in [0, 0.05) is 11.2 Å². The summed E-state index contributed by atoms with van der Waals surface area (Å²) in [5, 5.41) is 11.9. The van der Waals surface area contributed by atoms with Crippen molar-refractivity contribution in [2.45, 2.75) is 26.8 Å². The first-order valence-corrected chi connectivity index (χ1v) is 10.4. The first-order valence-electron chi connectivity index (χ1n) is 10.1. The summed E-state index contributed by atoms with van der Waals surface area (Å²) in [6.07, 6.45) is 5.91. The van der Waals surface area contributed by atoms with Crippen LogP contribution in [0.15, 0.2) is 73.2 Å². The third kappa shape index (κ3) is 5.67. The highest BCUT2D eigenvalue weighted by Gasteiger charge is 2.11. The molecule has 0 atom stereocenters. The van der Waals surface area contributed by atoms with Crippen LogP contribution in [0.4, 0.5) is 5.69 Å². The van der Waals surface area contributed by atoms with Crippen molar-refractivity contribution >= 4 is 23.2 Å². The molecule has 0 spiro atoms. The average molecular weight is 452 g/mol. The van der Waals surface area contributed by atoms with Crippen molar-refractivity contribution in [3.63, 3.8) is 0 Å². The second-order valence-electron chi connectivity index (χ2n) is 6.96. The van der Waals surface area contributed by atoms with Gasteiger partial charge in [-0.05, 0) is 54.4 Å². The Morgan fingerprint density at radius 2 is 1.62 bits per heavy atom. The van der Waals surface area contributed by atoms with Gasteiger partial charge in [-0.2, -0.15) is 10.2 Å². The number of benzene rings is 2. The Labute approximate surface area is 190 Å². The first kappa shape index (κ1) is 21.5. The first-order chi connectivity index (χ1) is 15.6. The third-order valence-corrected chi connectivity index (χ3v) is 4.89. The highest BCUT2D eigenvalue weighted by molar-refractivity contribution is 6.30. The topological polar surface area (TPSA) is 83.2 Å². The molecular weight excluding hydrogens is 430 g/mol. The maximum atomic E-state index is 12.5. The van der Waals surface area contributed by atoms with Gasteiger partial charge in [0.25, 0.3) is 5.91 Å². The lowest BCUT2D eigenvalue weighted by molar-refractivity contribution is 0.102. The van der Waals surface area contributed by atoms with E-state index in [0.29, 0.717) is 16.5 Å². The monoisotopic (exact) mass is 451 g/mol. The molecule has 2 aromatic carbocycles. The number of aryl methyl sites for hydroxylation is 1. The molecule has 0 saturated carbocycles. The van der Waals surface area contributed by atoms with Gasteiger partial charge >= 0.3 is 0 Å². The van der Waals surface area contributed by atoms with E-state index in [4.69, 9.17) is 21.1 Å². The molecule has 1 amide bonds. The molecule has 0 unspecified atom stereocenters. The zero-order valence-corrected chi connectivity index (χ0v) is 18.2. The zero-order valence-electron chi connectivity index (χ0n) is 17.4. The average Bonchev–Trinajstić information content (AvgIpc) is 3.47. The number of nitrogens with one attached hydrogen (secondary N) is 1. The molecule has 0 saturated heterocycles. The normalized spacial score (nSPS) is 10.7. The lowest BCUT2D eigenvalue weighted by Gasteiger charge is -2.06. The highest BCUT2D eigenvalue weighted by atomic mass is 35.5. The number of ether oxygens (including phenoxy) is 2. The quantitative estimate of drug-likeness (QED) is 0.401. The Morgan fingerprint density at radius 1 is 0.969 bits per heavy atom. The van der Waals surface area contributed by atoms with Gasteiger partial charge < -0.3 is 14.8 Å². The number of hydrogen-bond acceptors (Lipinski definition) is 5. The van der Waals surface area contributed by atoms with Crippen LogP contribution in [0.5, 0.6) is 11.5 Å². The number of hydrogen-bond donors (Lipinski definition) is 1. The van der Waals surface area contributed by atoms with E-state index < -0.39 is 0 Å². The number of rotatable bonds is 9. The van der Waals surface area contributed by atoms with E-state index in [-0.39, 0.29) is 25.1 Å². The molecule has 4 rings (SSSR count). The van der Waals surface area contributed by atoms with Gasteiger partial charge in [0.2, 0.25) is 0 Å². The van der Waals surface area contributed by atoms with Crippen LogP contribution in [0.1, 0.15) is 23.0 Å². The van der Waals surface area contributed by atoms with Crippen molar-refractivity contribution in [1.82, 2.24) is 19.6 Å². The Kier molecular flexibility index (Phi) is 6.72. The van der Waals surface area contributed by atoms with Crippen LogP contribution in [-0.4, -0.2) is 25.5 Å². The van der Waals surface area contributed by atoms with Crippen LogP contribution >= 0.6 is 11.6 Å². The van der Waals surface area contributed by atoms with E-state index in [1.807, 2.05) is 24.3 Å². The van der Waals surface area contributed by atoms with Gasteiger partial charge in [-0.25, -0.2) is 9.36 Å². The Morgan fingerprint density at radius 3 is 2.31 bits per heavy atom. The van der Waals surface area contributed by atoms with Crippen LogP contribution in [-0.2, 0) is 19.9 Å². The Bertz CT molecular complexity index is 1170. The molecule has 2 aromatic heterocycles. The second kappa shape index (κ2) is 10.0. The minimum atomic E-state index is -0.342. The molecule has 32 heavy (non-hydrogen) atoms. The van der Waals surface area contributed by atoms with Gasteiger partial charge in [-0.1, -0.05) is 30.7 Å². The summed E-state index contributed by atoms with van der Waals surface area (Å²) in [5.74, 6) is 1.08. The summed E-state index contributed by atoms with van der Waals surface area (Å²) in [7, 11) is 0. The fraction of sp³-hybridized carbons (Fsp3) is 0.174. The predicted molar refractivity (Wildman–Crippen MR) is 121 cm³/mol. The SMILES string of the molecule is CCc1ccc(OCn2cc(NC(=O)c3ccn(COc4ccc(Cl)cc4)n3)cn2)cc1. The summed E-state index contributed by atoms with van der Waals surface area (Å²) in [4.78, 5) is 12.5. The van der Waals surface area contributed by atoms with Crippen molar-refractivity contribution in [3.05, 3.63) is 89.5 Å². The van der Waals surface area contributed by atoms with Gasteiger partial charge in [0.1, 0.15) is 11.5 Å². The molecule has 0 radical (unpaired) electrons. The van der Waals surface area contributed by atoms with Crippen LogP contribution in [0.3, 0.4) is 0 Å². The Hall–Kier alpha value is -3.78. The molecule has 9 heteroatoms. The summed E-state index contributed by atoms with van der Waals surface area (Å²) in [6.45, 7) is 2.51. The molecule has 0 fully saturated rings. The number of carbonyl (C=O) groups is 1. The number of halogens is 1. The van der Waals surface area contributed by atoms with Crippen molar-refractivity contribution < 1.29 is 14.3 Å². The lowest BCUT2D eigenvalue weighted by Crippen LogP contribution is -2.14. The molecular formula is C23H22ClN5O3. The molecule has 164 valence electrons. The number of anilines is 1. The summed E-state index contributed by atoms with van der Waals surface area (Å²) >= 11 is 5.86. The molecule has 0 aliphatic heterocycles. The van der Waals surface area contributed by atoms with Crippen LogP contribution in [0.2, 0.25) is 5.02 Å². The maximum Gasteiger partial charge on any atom is 0.276 e. The summed E-state index contributed by atoms with van der Waals surface area (Å²) in [6, 6.07) is 16.6. The lowest BCUT2D eigenvalue weighted by atomic mass is 10.2. The molecule has 8 nitrogen and oxygen atoms in total. The predicted octanol–water partition coefficient (Wildman–Crippen LogP) is 4.62. The summed E-state index contributed by atoms with van der Waals surface area (Å²) in [5.41, 5.74) is 2.07. The number of aromatic nitrogens is 4. The molecule has 4 aromatic rings. The number of carbonyl (C=O) groups excluding carboxylic acids is 1. The molecule has 0 bridgehead atoms. The molecule has 0 aliphatic rings. The fourth-order valence-electron chi connectivity index (χ4n) is 2.88. The van der Waals surface area contributed by atoms with Gasteiger partial charge in [0.15, 0.2) is 19.2 Å². The molecule has 0 aliphatic carbocycles. The van der Waals surface area contributed by atoms with Crippen molar-refractivity contribution in [1.29, 1.82) is 0 Å². The number of nitrogens with zero attached hydrogens (tertiary/aromatic N) is 4. The maximum absolute atomic E-state index is 12.5. The van der Waals surface area contributed by atoms with Gasteiger partial charge in [0.05, 0.1) is 18.1 Å². The minimum absolute atomic E-state index is 0.170. The van der Waals surface area contributed by atoms with E-state index in [0.717, 1.165) is 12.2 Å². The van der Waals surface area contributed by atoms with Crippen molar-refractivity contribution in [3.8, 4) is 11.5 Å². The Balaban J connectivity index is 1.27. The third-order valence-electron chi connectivity index (χ3n) is 4.64. The largest absolute Gasteiger partial charge is 0.471 e.